The minimum Gasteiger partial charge on any atom is -0.464 e. The summed E-state index contributed by atoms with van der Waals surface area (Å²) in [4.78, 5) is 21.6. The van der Waals surface area contributed by atoms with Gasteiger partial charge in [-0.1, -0.05) is 6.92 Å². The lowest BCUT2D eigenvalue weighted by Gasteiger charge is -2.14. The summed E-state index contributed by atoms with van der Waals surface area (Å²) in [5, 5.41) is 0. The molecule has 0 bridgehead atoms. The van der Waals surface area contributed by atoms with Gasteiger partial charge in [0.1, 0.15) is 17.2 Å². The van der Waals surface area contributed by atoms with Crippen LogP contribution < -0.4 is 0 Å². The lowest BCUT2D eigenvalue weighted by Crippen LogP contribution is -2.26. The fourth-order valence-electron chi connectivity index (χ4n) is 2.31. The van der Waals surface area contributed by atoms with E-state index in [9.17, 15) is 4.79 Å². The van der Waals surface area contributed by atoms with Crippen LogP contribution in [0.3, 0.4) is 0 Å². The van der Waals surface area contributed by atoms with Gasteiger partial charge in [-0.15, -0.1) is 0 Å². The van der Waals surface area contributed by atoms with Gasteiger partial charge < -0.3 is 9.32 Å². The molecule has 1 aliphatic carbocycles. The number of rotatable bonds is 4. The van der Waals surface area contributed by atoms with Gasteiger partial charge in [0.25, 0.3) is 5.91 Å². The Labute approximate surface area is 117 Å². The molecule has 0 unspecified atom stereocenters. The van der Waals surface area contributed by atoms with Gasteiger partial charge in [0, 0.05) is 25.4 Å². The molecule has 2 atom stereocenters. The van der Waals surface area contributed by atoms with Crippen molar-refractivity contribution in [3.05, 3.63) is 47.9 Å². The second-order valence-corrected chi connectivity index (χ2v) is 5.38. The Bertz CT molecular complexity index is 609. The fraction of sp³-hybridized carbons (Fsp3) is 0.400. The van der Waals surface area contributed by atoms with Crippen LogP contribution in [0.15, 0.2) is 35.1 Å². The van der Waals surface area contributed by atoms with Gasteiger partial charge in [-0.05, 0) is 24.5 Å². The van der Waals surface area contributed by atoms with Gasteiger partial charge in [-0.3, -0.25) is 9.78 Å². The molecule has 1 fully saturated rings. The first-order valence-electron chi connectivity index (χ1n) is 6.75. The van der Waals surface area contributed by atoms with Gasteiger partial charge in [-0.2, -0.15) is 0 Å². The number of amides is 1. The lowest BCUT2D eigenvalue weighted by molar-refractivity contribution is 0.0768. The number of carbonyl (C=O) groups is 1. The number of furan rings is 1. The monoisotopic (exact) mass is 271 g/mol. The Kier molecular flexibility index (Phi) is 3.26. The summed E-state index contributed by atoms with van der Waals surface area (Å²) in [6.45, 7) is 2.66. The van der Waals surface area contributed by atoms with Gasteiger partial charge in [-0.25, -0.2) is 4.98 Å². The topological polar surface area (TPSA) is 59.2 Å². The molecule has 5 nitrogen and oxygen atoms in total. The summed E-state index contributed by atoms with van der Waals surface area (Å²) in [6.07, 6.45) is 5.73. The van der Waals surface area contributed by atoms with E-state index in [0.29, 0.717) is 24.1 Å². The van der Waals surface area contributed by atoms with Crippen LogP contribution in [0.2, 0.25) is 0 Å². The molecule has 2 aromatic heterocycles. The zero-order valence-electron chi connectivity index (χ0n) is 11.6. The molecule has 0 aromatic carbocycles. The van der Waals surface area contributed by atoms with Crippen molar-refractivity contribution in [2.45, 2.75) is 25.8 Å². The average Bonchev–Trinajstić information content (AvgIpc) is 3.01. The molecular weight excluding hydrogens is 254 g/mol. The van der Waals surface area contributed by atoms with Crippen LogP contribution in [0, 0.1) is 5.92 Å². The van der Waals surface area contributed by atoms with Crippen molar-refractivity contribution >= 4 is 5.91 Å². The molecular formula is C15H17N3O2. The SMILES string of the molecule is C[C@@H]1C[C@H]1c1ccc(CN(C)C(=O)c2cnccn2)o1. The first-order valence-corrected chi connectivity index (χ1v) is 6.75. The molecule has 0 N–H and O–H groups in total. The molecule has 0 radical (unpaired) electrons. The summed E-state index contributed by atoms with van der Waals surface area (Å²) in [5.41, 5.74) is 0.345. The third-order valence-corrected chi connectivity index (χ3v) is 3.68. The molecule has 0 saturated heterocycles. The predicted octanol–water partition coefficient (Wildman–Crippen LogP) is 2.47. The maximum atomic E-state index is 12.1. The van der Waals surface area contributed by atoms with Crippen molar-refractivity contribution in [1.29, 1.82) is 0 Å². The second kappa shape index (κ2) is 5.07. The van der Waals surface area contributed by atoms with E-state index >= 15 is 0 Å². The van der Waals surface area contributed by atoms with E-state index in [1.807, 2.05) is 12.1 Å². The Morgan fingerprint density at radius 2 is 2.25 bits per heavy atom. The Hall–Kier alpha value is -2.17. The number of nitrogens with zero attached hydrogens (tertiary/aromatic N) is 3. The zero-order valence-corrected chi connectivity index (χ0v) is 11.6. The number of carbonyl (C=O) groups excluding carboxylic acids is 1. The third-order valence-electron chi connectivity index (χ3n) is 3.68. The second-order valence-electron chi connectivity index (χ2n) is 5.38. The minimum atomic E-state index is -0.157. The average molecular weight is 271 g/mol. The molecule has 3 rings (SSSR count). The first kappa shape index (κ1) is 12.8. The summed E-state index contributed by atoms with van der Waals surface area (Å²) in [7, 11) is 1.74. The smallest absolute Gasteiger partial charge is 0.274 e. The fourth-order valence-corrected chi connectivity index (χ4v) is 2.31. The molecule has 1 saturated carbocycles. The van der Waals surface area contributed by atoms with Gasteiger partial charge >= 0.3 is 0 Å². The van der Waals surface area contributed by atoms with E-state index in [-0.39, 0.29) is 5.91 Å². The van der Waals surface area contributed by atoms with E-state index in [1.165, 1.54) is 18.8 Å². The van der Waals surface area contributed by atoms with Crippen LogP contribution in [-0.4, -0.2) is 27.8 Å². The molecule has 2 heterocycles. The largest absolute Gasteiger partial charge is 0.464 e. The lowest BCUT2D eigenvalue weighted by atomic mass is 10.3. The van der Waals surface area contributed by atoms with Crippen LogP contribution in [0.25, 0.3) is 0 Å². The van der Waals surface area contributed by atoms with Crippen molar-refractivity contribution in [2.24, 2.45) is 5.92 Å². The van der Waals surface area contributed by atoms with Gasteiger partial charge in [0.15, 0.2) is 0 Å². The van der Waals surface area contributed by atoms with Crippen LogP contribution >= 0.6 is 0 Å². The minimum absolute atomic E-state index is 0.157. The molecule has 104 valence electrons. The van der Waals surface area contributed by atoms with Crippen LogP contribution in [0.1, 0.15) is 41.3 Å². The van der Waals surface area contributed by atoms with Crippen molar-refractivity contribution in [3.8, 4) is 0 Å². The van der Waals surface area contributed by atoms with E-state index in [1.54, 1.807) is 18.1 Å². The first-order chi connectivity index (χ1) is 9.65. The number of aromatic nitrogens is 2. The van der Waals surface area contributed by atoms with E-state index in [0.717, 1.165) is 11.5 Å². The highest BCUT2D eigenvalue weighted by molar-refractivity contribution is 5.91. The third kappa shape index (κ3) is 2.57. The molecule has 5 heteroatoms. The highest BCUT2D eigenvalue weighted by Crippen LogP contribution is 2.47. The maximum Gasteiger partial charge on any atom is 0.274 e. The molecule has 0 spiro atoms. The highest BCUT2D eigenvalue weighted by Gasteiger charge is 2.36. The standard InChI is InChI=1S/C15H17N3O2/c1-10-7-12(10)14-4-3-11(20-14)9-18(2)15(19)13-8-16-5-6-17-13/h3-6,8,10,12H,7,9H2,1-2H3/t10-,12-/m1/s1. The van der Waals surface area contributed by atoms with Crippen LogP contribution in [0.4, 0.5) is 0 Å². The van der Waals surface area contributed by atoms with E-state index < -0.39 is 0 Å². The highest BCUT2D eigenvalue weighted by atomic mass is 16.3. The summed E-state index contributed by atoms with van der Waals surface area (Å²) in [5.74, 6) is 2.96. The molecule has 1 amide bonds. The Balaban J connectivity index is 1.65. The maximum absolute atomic E-state index is 12.1. The summed E-state index contributed by atoms with van der Waals surface area (Å²) in [6, 6.07) is 3.96. The number of hydrogen-bond acceptors (Lipinski definition) is 4. The van der Waals surface area contributed by atoms with E-state index in [4.69, 9.17) is 4.42 Å². The van der Waals surface area contributed by atoms with Crippen molar-refractivity contribution in [3.63, 3.8) is 0 Å². The quantitative estimate of drug-likeness (QED) is 0.857. The molecule has 20 heavy (non-hydrogen) atoms. The van der Waals surface area contributed by atoms with Crippen LogP contribution in [-0.2, 0) is 6.54 Å². The predicted molar refractivity (Wildman–Crippen MR) is 73.1 cm³/mol. The zero-order chi connectivity index (χ0) is 14.1. The summed E-state index contributed by atoms with van der Waals surface area (Å²) < 4.78 is 5.80. The molecule has 1 aliphatic rings. The van der Waals surface area contributed by atoms with Crippen molar-refractivity contribution < 1.29 is 9.21 Å². The van der Waals surface area contributed by atoms with Crippen molar-refractivity contribution in [2.75, 3.05) is 7.05 Å². The van der Waals surface area contributed by atoms with Gasteiger partial charge in [0.05, 0.1) is 12.7 Å². The van der Waals surface area contributed by atoms with Gasteiger partial charge in [0.2, 0.25) is 0 Å². The van der Waals surface area contributed by atoms with Crippen molar-refractivity contribution in [1.82, 2.24) is 14.9 Å². The van der Waals surface area contributed by atoms with E-state index in [2.05, 4.69) is 16.9 Å². The summed E-state index contributed by atoms with van der Waals surface area (Å²) >= 11 is 0. The molecule has 0 aliphatic heterocycles. The number of hydrogen-bond donors (Lipinski definition) is 0. The Morgan fingerprint density at radius 1 is 1.45 bits per heavy atom. The Morgan fingerprint density at radius 3 is 2.90 bits per heavy atom. The normalized spacial score (nSPS) is 20.7. The molecule has 2 aromatic rings. The van der Waals surface area contributed by atoms with Crippen LogP contribution in [0.5, 0.6) is 0 Å².